The van der Waals surface area contributed by atoms with E-state index >= 15 is 0 Å². The second kappa shape index (κ2) is 6.70. The number of aryl methyl sites for hydroxylation is 1. The van der Waals surface area contributed by atoms with Gasteiger partial charge in [0.15, 0.2) is 6.10 Å². The molecule has 0 radical (unpaired) electrons. The number of carbonyl (C=O) groups is 1. The summed E-state index contributed by atoms with van der Waals surface area (Å²) in [5, 5.41) is 2.81. The number of anilines is 1. The molecule has 4 nitrogen and oxygen atoms in total. The molecule has 0 bridgehead atoms. The van der Waals surface area contributed by atoms with Gasteiger partial charge in [0.2, 0.25) is 0 Å². The minimum atomic E-state index is -0.517. The van der Waals surface area contributed by atoms with Crippen molar-refractivity contribution in [3.63, 3.8) is 0 Å². The van der Waals surface area contributed by atoms with Gasteiger partial charge in [0.25, 0.3) is 5.91 Å². The number of para-hydroxylation sites is 1. The largest absolute Gasteiger partial charge is 0.480 e. The van der Waals surface area contributed by atoms with Crippen LogP contribution in [0.2, 0.25) is 0 Å². The molecule has 0 saturated carbocycles. The summed E-state index contributed by atoms with van der Waals surface area (Å²) in [4.78, 5) is 16.2. The van der Waals surface area contributed by atoms with Crippen molar-refractivity contribution in [1.82, 2.24) is 4.98 Å². The number of nitrogens with zero attached hydrogens (tertiary/aromatic N) is 1. The molecule has 1 N–H and O–H groups in total. The van der Waals surface area contributed by atoms with Crippen LogP contribution in [-0.2, 0) is 4.79 Å². The molecule has 2 aromatic rings. The van der Waals surface area contributed by atoms with Crippen molar-refractivity contribution in [3.8, 4) is 5.75 Å². The number of ether oxygens (including phenoxy) is 1. The monoisotopic (exact) mass is 270 g/mol. The van der Waals surface area contributed by atoms with E-state index in [0.717, 1.165) is 11.3 Å². The fraction of sp³-hybridized carbons (Fsp3) is 0.250. The van der Waals surface area contributed by atoms with Gasteiger partial charge in [-0.15, -0.1) is 0 Å². The second-order valence-corrected chi connectivity index (χ2v) is 4.51. The van der Waals surface area contributed by atoms with Crippen molar-refractivity contribution in [2.24, 2.45) is 0 Å². The van der Waals surface area contributed by atoms with Gasteiger partial charge in [0.1, 0.15) is 5.75 Å². The Balaban J connectivity index is 2.05. The third kappa shape index (κ3) is 3.57. The predicted molar refractivity (Wildman–Crippen MR) is 78.8 cm³/mol. The topological polar surface area (TPSA) is 51.2 Å². The molecule has 2 rings (SSSR count). The van der Waals surface area contributed by atoms with Gasteiger partial charge >= 0.3 is 0 Å². The molecular weight excluding hydrogens is 252 g/mol. The molecule has 1 unspecified atom stereocenters. The quantitative estimate of drug-likeness (QED) is 0.907. The van der Waals surface area contributed by atoms with Crippen LogP contribution in [0.3, 0.4) is 0 Å². The Bertz CT molecular complexity index is 570. The maximum atomic E-state index is 12.2. The normalized spacial score (nSPS) is 11.7. The molecule has 1 heterocycles. The molecule has 1 aromatic heterocycles. The van der Waals surface area contributed by atoms with Gasteiger partial charge in [0, 0.05) is 6.20 Å². The fourth-order valence-electron chi connectivity index (χ4n) is 1.82. The van der Waals surface area contributed by atoms with Gasteiger partial charge in [-0.05, 0) is 37.1 Å². The first-order valence-electron chi connectivity index (χ1n) is 6.64. The van der Waals surface area contributed by atoms with Crippen LogP contribution in [-0.4, -0.2) is 17.0 Å². The van der Waals surface area contributed by atoms with E-state index in [1.165, 1.54) is 0 Å². The zero-order chi connectivity index (χ0) is 14.4. The molecule has 0 aliphatic carbocycles. The van der Waals surface area contributed by atoms with E-state index in [2.05, 4.69) is 10.3 Å². The third-order valence-electron chi connectivity index (χ3n) is 2.96. The number of benzene rings is 1. The first-order valence-corrected chi connectivity index (χ1v) is 6.64. The van der Waals surface area contributed by atoms with Gasteiger partial charge in [-0.25, -0.2) is 0 Å². The Morgan fingerprint density at radius 2 is 2.10 bits per heavy atom. The summed E-state index contributed by atoms with van der Waals surface area (Å²) in [5.74, 6) is 0.574. The summed E-state index contributed by atoms with van der Waals surface area (Å²) in [7, 11) is 0. The van der Waals surface area contributed by atoms with E-state index in [4.69, 9.17) is 4.74 Å². The van der Waals surface area contributed by atoms with Crippen LogP contribution >= 0.6 is 0 Å². The summed E-state index contributed by atoms with van der Waals surface area (Å²) in [6.45, 7) is 3.88. The molecule has 0 aliphatic rings. The van der Waals surface area contributed by atoms with Crippen LogP contribution in [0.1, 0.15) is 18.9 Å². The highest BCUT2D eigenvalue weighted by atomic mass is 16.5. The number of rotatable bonds is 5. The van der Waals surface area contributed by atoms with Gasteiger partial charge in [0.05, 0.1) is 11.9 Å². The van der Waals surface area contributed by atoms with Crippen LogP contribution < -0.4 is 10.1 Å². The number of carbonyl (C=O) groups excluding carboxylic acids is 1. The standard InChI is InChI=1S/C16H18N2O2/c1-3-14(20-15-9-5-4-7-12(15)2)16(19)18-13-8-6-10-17-11-13/h4-11,14H,3H2,1-2H3,(H,18,19). The third-order valence-corrected chi connectivity index (χ3v) is 2.96. The fourth-order valence-corrected chi connectivity index (χ4v) is 1.82. The number of hydrogen-bond acceptors (Lipinski definition) is 3. The van der Waals surface area contributed by atoms with Gasteiger partial charge in [-0.3, -0.25) is 9.78 Å². The zero-order valence-electron chi connectivity index (χ0n) is 11.7. The lowest BCUT2D eigenvalue weighted by Crippen LogP contribution is -2.32. The summed E-state index contributed by atoms with van der Waals surface area (Å²) in [6, 6.07) is 11.2. The molecule has 0 aliphatic heterocycles. The van der Waals surface area contributed by atoms with E-state index < -0.39 is 6.10 Å². The lowest BCUT2D eigenvalue weighted by molar-refractivity contribution is -0.122. The van der Waals surface area contributed by atoms with Crippen molar-refractivity contribution in [2.45, 2.75) is 26.4 Å². The van der Waals surface area contributed by atoms with Crippen molar-refractivity contribution < 1.29 is 9.53 Å². The van der Waals surface area contributed by atoms with Gasteiger partial charge in [-0.1, -0.05) is 25.1 Å². The molecule has 4 heteroatoms. The highest BCUT2D eigenvalue weighted by Crippen LogP contribution is 2.19. The minimum absolute atomic E-state index is 0.163. The number of nitrogens with one attached hydrogen (secondary N) is 1. The number of hydrogen-bond donors (Lipinski definition) is 1. The molecule has 1 amide bonds. The maximum absolute atomic E-state index is 12.2. The Morgan fingerprint density at radius 3 is 2.75 bits per heavy atom. The van der Waals surface area contributed by atoms with Crippen LogP contribution in [0.15, 0.2) is 48.8 Å². The van der Waals surface area contributed by atoms with E-state index in [9.17, 15) is 4.79 Å². The summed E-state index contributed by atoms with van der Waals surface area (Å²) >= 11 is 0. The highest BCUT2D eigenvalue weighted by Gasteiger charge is 2.19. The number of aromatic nitrogens is 1. The smallest absolute Gasteiger partial charge is 0.265 e. The average molecular weight is 270 g/mol. The molecule has 104 valence electrons. The molecule has 1 atom stereocenters. The highest BCUT2D eigenvalue weighted by molar-refractivity contribution is 5.94. The van der Waals surface area contributed by atoms with Crippen LogP contribution in [0.4, 0.5) is 5.69 Å². The second-order valence-electron chi connectivity index (χ2n) is 4.51. The molecule has 1 aromatic carbocycles. The Hall–Kier alpha value is -2.36. The lowest BCUT2D eigenvalue weighted by atomic mass is 10.2. The maximum Gasteiger partial charge on any atom is 0.265 e. The van der Waals surface area contributed by atoms with Crippen LogP contribution in [0.5, 0.6) is 5.75 Å². The minimum Gasteiger partial charge on any atom is -0.480 e. The van der Waals surface area contributed by atoms with E-state index in [-0.39, 0.29) is 5.91 Å². The first kappa shape index (κ1) is 14.1. The molecule has 0 fully saturated rings. The molecule has 20 heavy (non-hydrogen) atoms. The number of amides is 1. The van der Waals surface area contributed by atoms with Crippen molar-refractivity contribution >= 4 is 11.6 Å². The van der Waals surface area contributed by atoms with Crippen LogP contribution in [0.25, 0.3) is 0 Å². The summed E-state index contributed by atoms with van der Waals surface area (Å²) in [5.41, 5.74) is 1.68. The van der Waals surface area contributed by atoms with Gasteiger partial charge in [-0.2, -0.15) is 0 Å². The Kier molecular flexibility index (Phi) is 4.71. The summed E-state index contributed by atoms with van der Waals surface area (Å²) in [6.07, 6.45) is 3.35. The summed E-state index contributed by atoms with van der Waals surface area (Å²) < 4.78 is 5.80. The van der Waals surface area contributed by atoms with Crippen molar-refractivity contribution in [3.05, 3.63) is 54.4 Å². The van der Waals surface area contributed by atoms with Crippen LogP contribution in [0, 0.1) is 6.92 Å². The van der Waals surface area contributed by atoms with E-state index in [0.29, 0.717) is 12.1 Å². The predicted octanol–water partition coefficient (Wildman–Crippen LogP) is 3.19. The molecular formula is C16H18N2O2. The zero-order valence-corrected chi connectivity index (χ0v) is 11.7. The van der Waals surface area contributed by atoms with Crippen molar-refractivity contribution in [1.29, 1.82) is 0 Å². The lowest BCUT2D eigenvalue weighted by Gasteiger charge is -2.18. The Labute approximate surface area is 118 Å². The number of pyridine rings is 1. The molecule has 0 spiro atoms. The van der Waals surface area contributed by atoms with E-state index in [1.807, 2.05) is 38.1 Å². The average Bonchev–Trinajstić information content (AvgIpc) is 2.47. The van der Waals surface area contributed by atoms with Crippen molar-refractivity contribution in [2.75, 3.05) is 5.32 Å². The van der Waals surface area contributed by atoms with Gasteiger partial charge < -0.3 is 10.1 Å². The Morgan fingerprint density at radius 1 is 1.30 bits per heavy atom. The first-order chi connectivity index (χ1) is 9.70. The SMILES string of the molecule is CCC(Oc1ccccc1C)C(=O)Nc1cccnc1. The molecule has 0 saturated heterocycles. The van der Waals surface area contributed by atoms with E-state index in [1.54, 1.807) is 24.5 Å².